The van der Waals surface area contributed by atoms with Crippen molar-refractivity contribution in [2.45, 2.75) is 12.6 Å². The Morgan fingerprint density at radius 3 is 2.61 bits per heavy atom. The Hall–Kier alpha value is -2.05. The fourth-order valence-corrected chi connectivity index (χ4v) is 2.53. The Morgan fingerprint density at radius 1 is 1.13 bits per heavy atom. The van der Waals surface area contributed by atoms with Crippen molar-refractivity contribution < 1.29 is 14.4 Å². The van der Waals surface area contributed by atoms with Crippen LogP contribution in [0.1, 0.15) is 5.56 Å². The molecule has 23 heavy (non-hydrogen) atoms. The van der Waals surface area contributed by atoms with Gasteiger partial charge in [0.2, 0.25) is 0 Å². The van der Waals surface area contributed by atoms with E-state index in [9.17, 15) is 4.79 Å². The molecule has 0 bridgehead atoms. The summed E-state index contributed by atoms with van der Waals surface area (Å²) < 4.78 is 6.74. The molecule has 0 radical (unpaired) electrons. The van der Waals surface area contributed by atoms with Gasteiger partial charge in [0.15, 0.2) is 0 Å². The van der Waals surface area contributed by atoms with Gasteiger partial charge in [-0.05, 0) is 29.8 Å². The average molecular weight is 377 g/mol. The van der Waals surface area contributed by atoms with Gasteiger partial charge in [-0.2, -0.15) is 5.06 Å². The van der Waals surface area contributed by atoms with Crippen LogP contribution in [0.3, 0.4) is 0 Å². The summed E-state index contributed by atoms with van der Waals surface area (Å²) in [7, 11) is 0. The predicted molar refractivity (Wildman–Crippen MR) is 89.9 cm³/mol. The lowest BCUT2D eigenvalue weighted by Gasteiger charge is -2.22. The zero-order chi connectivity index (χ0) is 16.1. The van der Waals surface area contributed by atoms with Crippen molar-refractivity contribution >= 4 is 22.0 Å². The number of carbonyl (C=O) groups excluding carboxylic acids is 1. The maximum absolute atomic E-state index is 11.9. The predicted octanol–water partition coefficient (Wildman–Crippen LogP) is 3.35. The van der Waals surface area contributed by atoms with Gasteiger partial charge in [0.25, 0.3) is 0 Å². The number of urea groups is 1. The van der Waals surface area contributed by atoms with Crippen LogP contribution in [0.15, 0.2) is 59.1 Å². The molecule has 1 saturated heterocycles. The van der Waals surface area contributed by atoms with Crippen LogP contribution in [0, 0.1) is 0 Å². The number of nitrogens with one attached hydrogen (secondary N) is 1. The minimum atomic E-state index is -0.231. The van der Waals surface area contributed by atoms with E-state index >= 15 is 0 Å². The number of ether oxygens (including phenoxy) is 1. The highest BCUT2D eigenvalue weighted by atomic mass is 79.9. The molecule has 0 unspecified atom stereocenters. The molecular formula is C17H17BrN2O3. The lowest BCUT2D eigenvalue weighted by molar-refractivity contribution is -0.145. The second-order valence-corrected chi connectivity index (χ2v) is 6.11. The number of amides is 2. The number of nitrogens with zero attached hydrogens (tertiary/aromatic N) is 1. The van der Waals surface area contributed by atoms with Gasteiger partial charge in [0.1, 0.15) is 25.0 Å². The molecule has 1 fully saturated rings. The third kappa shape index (κ3) is 4.24. The van der Waals surface area contributed by atoms with E-state index in [1.165, 1.54) is 5.06 Å². The molecular weight excluding hydrogens is 360 g/mol. The summed E-state index contributed by atoms with van der Waals surface area (Å²) in [5, 5.41) is 4.14. The molecule has 6 heteroatoms. The summed E-state index contributed by atoms with van der Waals surface area (Å²) in [6.07, 6.45) is 0. The Morgan fingerprint density at radius 2 is 1.87 bits per heavy atom. The molecule has 5 nitrogen and oxygen atoms in total. The second-order valence-electron chi connectivity index (χ2n) is 5.19. The maximum atomic E-state index is 11.9. The van der Waals surface area contributed by atoms with Crippen molar-refractivity contribution in [1.29, 1.82) is 0 Å². The van der Waals surface area contributed by atoms with Crippen LogP contribution < -0.4 is 10.1 Å². The first-order valence-corrected chi connectivity index (χ1v) is 8.14. The number of rotatable bonds is 6. The fraction of sp³-hybridized carbons (Fsp3) is 0.235. The summed E-state index contributed by atoms with van der Waals surface area (Å²) in [6.45, 7) is 1.22. The van der Waals surface area contributed by atoms with E-state index in [1.807, 2.05) is 54.6 Å². The SMILES string of the molecule is O=C1NC[C@H](COc2ccc(Br)cc2)N1OCc1ccccc1. The first-order valence-electron chi connectivity index (χ1n) is 7.34. The van der Waals surface area contributed by atoms with Crippen LogP contribution in [0.25, 0.3) is 0 Å². The van der Waals surface area contributed by atoms with E-state index in [0.717, 1.165) is 15.8 Å². The number of carbonyl (C=O) groups is 1. The quantitative estimate of drug-likeness (QED) is 0.840. The zero-order valence-corrected chi connectivity index (χ0v) is 14.0. The highest BCUT2D eigenvalue weighted by Crippen LogP contribution is 2.18. The summed E-state index contributed by atoms with van der Waals surface area (Å²) in [5.41, 5.74) is 1.01. The minimum Gasteiger partial charge on any atom is -0.491 e. The third-order valence-electron chi connectivity index (χ3n) is 3.49. The van der Waals surface area contributed by atoms with E-state index in [-0.39, 0.29) is 12.1 Å². The van der Waals surface area contributed by atoms with Crippen molar-refractivity contribution in [1.82, 2.24) is 10.4 Å². The number of halogens is 1. The van der Waals surface area contributed by atoms with Gasteiger partial charge in [-0.1, -0.05) is 46.3 Å². The van der Waals surface area contributed by atoms with Gasteiger partial charge < -0.3 is 10.1 Å². The number of hydrogen-bond donors (Lipinski definition) is 1. The van der Waals surface area contributed by atoms with Crippen molar-refractivity contribution in [3.63, 3.8) is 0 Å². The van der Waals surface area contributed by atoms with Crippen LogP contribution in [0.5, 0.6) is 5.75 Å². The molecule has 1 N–H and O–H groups in total. The van der Waals surface area contributed by atoms with Gasteiger partial charge in [0, 0.05) is 11.0 Å². The van der Waals surface area contributed by atoms with E-state index < -0.39 is 0 Å². The topological polar surface area (TPSA) is 50.8 Å². The van der Waals surface area contributed by atoms with Crippen LogP contribution in [0.2, 0.25) is 0 Å². The largest absolute Gasteiger partial charge is 0.491 e. The molecule has 2 aromatic carbocycles. The van der Waals surface area contributed by atoms with Crippen LogP contribution >= 0.6 is 15.9 Å². The van der Waals surface area contributed by atoms with E-state index in [4.69, 9.17) is 9.57 Å². The van der Waals surface area contributed by atoms with E-state index in [1.54, 1.807) is 0 Å². The molecule has 1 atom stereocenters. The van der Waals surface area contributed by atoms with E-state index in [0.29, 0.717) is 19.8 Å². The summed E-state index contributed by atoms with van der Waals surface area (Å²) in [5.74, 6) is 0.760. The summed E-state index contributed by atoms with van der Waals surface area (Å²) in [6, 6.07) is 16.9. The lowest BCUT2D eigenvalue weighted by atomic mass is 10.2. The monoisotopic (exact) mass is 376 g/mol. The molecule has 120 valence electrons. The normalized spacial score (nSPS) is 17.2. The Bertz CT molecular complexity index is 649. The number of hydroxylamine groups is 2. The fourth-order valence-electron chi connectivity index (χ4n) is 2.26. The highest BCUT2D eigenvalue weighted by Gasteiger charge is 2.32. The second kappa shape index (κ2) is 7.48. The van der Waals surface area contributed by atoms with Crippen molar-refractivity contribution in [3.8, 4) is 5.75 Å². The molecule has 1 aliphatic rings. The van der Waals surface area contributed by atoms with Crippen LogP contribution in [0.4, 0.5) is 4.79 Å². The maximum Gasteiger partial charge on any atom is 0.341 e. The van der Waals surface area contributed by atoms with Crippen molar-refractivity contribution in [2.24, 2.45) is 0 Å². The average Bonchev–Trinajstić information content (AvgIpc) is 2.93. The molecule has 1 heterocycles. The Balaban J connectivity index is 1.55. The van der Waals surface area contributed by atoms with Gasteiger partial charge >= 0.3 is 6.03 Å². The first kappa shape index (κ1) is 15.8. The van der Waals surface area contributed by atoms with Crippen LogP contribution in [-0.2, 0) is 11.4 Å². The lowest BCUT2D eigenvalue weighted by Crippen LogP contribution is -2.37. The van der Waals surface area contributed by atoms with Crippen LogP contribution in [-0.4, -0.2) is 30.3 Å². The summed E-state index contributed by atoms with van der Waals surface area (Å²) in [4.78, 5) is 17.5. The Kier molecular flexibility index (Phi) is 5.15. The van der Waals surface area contributed by atoms with Gasteiger partial charge in [0.05, 0.1) is 0 Å². The molecule has 0 aliphatic carbocycles. The van der Waals surface area contributed by atoms with Gasteiger partial charge in [-0.25, -0.2) is 4.79 Å². The van der Waals surface area contributed by atoms with E-state index in [2.05, 4.69) is 21.2 Å². The molecule has 0 saturated carbocycles. The zero-order valence-electron chi connectivity index (χ0n) is 12.4. The number of benzene rings is 2. The molecule has 2 amide bonds. The van der Waals surface area contributed by atoms with Crippen molar-refractivity contribution in [2.75, 3.05) is 13.2 Å². The standard InChI is InChI=1S/C17H17BrN2O3/c18-14-6-8-16(9-7-14)22-12-15-10-19-17(21)20(15)23-11-13-4-2-1-3-5-13/h1-9,15H,10-12H2,(H,19,21)/t15-/m1/s1. The smallest absolute Gasteiger partial charge is 0.341 e. The molecule has 2 aromatic rings. The first-order chi connectivity index (χ1) is 11.2. The molecule has 0 aromatic heterocycles. The van der Waals surface area contributed by atoms with Crippen molar-refractivity contribution in [3.05, 3.63) is 64.6 Å². The third-order valence-corrected chi connectivity index (χ3v) is 4.02. The Labute approximate surface area is 143 Å². The minimum absolute atomic E-state index is 0.158. The number of hydrogen-bond acceptors (Lipinski definition) is 3. The van der Waals surface area contributed by atoms with Gasteiger partial charge in [-0.3, -0.25) is 4.84 Å². The summed E-state index contributed by atoms with van der Waals surface area (Å²) >= 11 is 3.38. The van der Waals surface area contributed by atoms with Gasteiger partial charge in [-0.15, -0.1) is 0 Å². The molecule has 0 spiro atoms. The molecule has 3 rings (SSSR count). The highest BCUT2D eigenvalue weighted by molar-refractivity contribution is 9.10. The molecule has 1 aliphatic heterocycles.